The van der Waals surface area contributed by atoms with Crippen LogP contribution < -0.4 is 11.1 Å². The minimum absolute atomic E-state index is 0.567. The van der Waals surface area contributed by atoms with Crippen LogP contribution in [0.1, 0.15) is 62.1 Å². The van der Waals surface area contributed by atoms with Crippen LogP contribution in [0, 0.1) is 0 Å². The summed E-state index contributed by atoms with van der Waals surface area (Å²) in [6.07, 6.45) is 10.7. The quantitative estimate of drug-likeness (QED) is 0.781. The molecule has 0 amide bonds. The molecule has 1 aromatic carbocycles. The summed E-state index contributed by atoms with van der Waals surface area (Å²) >= 11 is 0. The second kappa shape index (κ2) is 5.31. The van der Waals surface area contributed by atoms with Gasteiger partial charge in [-0.25, -0.2) is 0 Å². The molecule has 0 heterocycles. The molecule has 0 spiro atoms. The highest BCUT2D eigenvalue weighted by Gasteiger charge is 2.23. The molecular weight excluding hydrogens is 220 g/mol. The van der Waals surface area contributed by atoms with Crippen molar-refractivity contribution in [3.05, 3.63) is 29.3 Å². The van der Waals surface area contributed by atoms with E-state index in [1.807, 2.05) is 0 Å². The fourth-order valence-corrected chi connectivity index (χ4v) is 3.56. The molecule has 0 radical (unpaired) electrons. The van der Waals surface area contributed by atoms with Crippen LogP contribution in [0.5, 0.6) is 0 Å². The lowest BCUT2D eigenvalue weighted by Crippen LogP contribution is -2.36. The van der Waals surface area contributed by atoms with Gasteiger partial charge in [0.25, 0.3) is 0 Å². The highest BCUT2D eigenvalue weighted by molar-refractivity contribution is 5.46. The van der Waals surface area contributed by atoms with E-state index >= 15 is 0 Å². The van der Waals surface area contributed by atoms with Crippen LogP contribution in [0.2, 0.25) is 0 Å². The van der Waals surface area contributed by atoms with E-state index in [2.05, 4.69) is 23.5 Å². The van der Waals surface area contributed by atoms with Crippen molar-refractivity contribution in [2.24, 2.45) is 0 Å². The minimum atomic E-state index is 0.567. The predicted octanol–water partition coefficient (Wildman–Crippen LogP) is 3.57. The maximum absolute atomic E-state index is 5.89. The molecule has 0 aromatic heterocycles. The van der Waals surface area contributed by atoms with E-state index < -0.39 is 0 Å². The summed E-state index contributed by atoms with van der Waals surface area (Å²) < 4.78 is 0. The van der Waals surface area contributed by atoms with Gasteiger partial charge in [0, 0.05) is 17.8 Å². The van der Waals surface area contributed by atoms with E-state index in [0.717, 1.165) is 11.7 Å². The molecule has 1 unspecified atom stereocenters. The highest BCUT2D eigenvalue weighted by Crippen LogP contribution is 2.32. The first-order valence-electron chi connectivity index (χ1n) is 7.47. The van der Waals surface area contributed by atoms with Crippen LogP contribution in [0.3, 0.4) is 0 Å². The number of rotatable bonds is 2. The normalized spacial score (nSPS) is 24.8. The van der Waals surface area contributed by atoms with Crippen molar-refractivity contribution in [1.82, 2.24) is 5.32 Å². The van der Waals surface area contributed by atoms with Gasteiger partial charge in [-0.05, 0) is 55.4 Å². The molecule has 0 saturated heterocycles. The zero-order valence-electron chi connectivity index (χ0n) is 11.1. The second-order valence-corrected chi connectivity index (χ2v) is 5.90. The van der Waals surface area contributed by atoms with Crippen LogP contribution in [0.4, 0.5) is 5.69 Å². The largest absolute Gasteiger partial charge is 0.399 e. The Kier molecular flexibility index (Phi) is 3.55. The number of anilines is 1. The third-order valence-electron chi connectivity index (χ3n) is 4.52. The van der Waals surface area contributed by atoms with Gasteiger partial charge in [0.05, 0.1) is 0 Å². The van der Waals surface area contributed by atoms with E-state index in [0.29, 0.717) is 6.04 Å². The maximum Gasteiger partial charge on any atom is 0.0325 e. The summed E-state index contributed by atoms with van der Waals surface area (Å²) in [4.78, 5) is 0. The SMILES string of the molecule is Nc1ccc2c(c1)CCCC2NC1CCCCC1. The molecule has 1 fully saturated rings. The first-order valence-corrected chi connectivity index (χ1v) is 7.47. The molecule has 3 rings (SSSR count). The molecule has 1 aromatic rings. The van der Waals surface area contributed by atoms with Crippen molar-refractivity contribution >= 4 is 5.69 Å². The van der Waals surface area contributed by atoms with Crippen molar-refractivity contribution in [3.8, 4) is 0 Å². The van der Waals surface area contributed by atoms with Crippen LogP contribution in [-0.4, -0.2) is 6.04 Å². The van der Waals surface area contributed by atoms with Gasteiger partial charge in [-0.3, -0.25) is 0 Å². The van der Waals surface area contributed by atoms with Crippen molar-refractivity contribution < 1.29 is 0 Å². The third-order valence-corrected chi connectivity index (χ3v) is 4.52. The number of hydrogen-bond acceptors (Lipinski definition) is 2. The van der Waals surface area contributed by atoms with E-state index in [9.17, 15) is 0 Å². The Labute approximate surface area is 110 Å². The van der Waals surface area contributed by atoms with Crippen molar-refractivity contribution in [3.63, 3.8) is 0 Å². The van der Waals surface area contributed by atoms with E-state index in [1.165, 1.54) is 62.5 Å². The Hall–Kier alpha value is -1.02. The van der Waals surface area contributed by atoms with E-state index in [-0.39, 0.29) is 0 Å². The summed E-state index contributed by atoms with van der Waals surface area (Å²) in [6.45, 7) is 0. The van der Waals surface area contributed by atoms with E-state index in [4.69, 9.17) is 5.73 Å². The molecule has 2 aliphatic rings. The second-order valence-electron chi connectivity index (χ2n) is 5.90. The summed E-state index contributed by atoms with van der Waals surface area (Å²) in [5.74, 6) is 0. The summed E-state index contributed by atoms with van der Waals surface area (Å²) in [5.41, 5.74) is 9.77. The van der Waals surface area contributed by atoms with Crippen LogP contribution in [0.15, 0.2) is 18.2 Å². The molecule has 1 saturated carbocycles. The Morgan fingerprint density at radius 2 is 1.83 bits per heavy atom. The minimum Gasteiger partial charge on any atom is -0.399 e. The molecule has 2 heteroatoms. The zero-order chi connectivity index (χ0) is 12.4. The van der Waals surface area contributed by atoms with Crippen LogP contribution in [-0.2, 0) is 6.42 Å². The zero-order valence-corrected chi connectivity index (χ0v) is 11.1. The van der Waals surface area contributed by atoms with Crippen molar-refractivity contribution in [2.75, 3.05) is 5.73 Å². The number of nitrogen functional groups attached to an aromatic ring is 1. The monoisotopic (exact) mass is 244 g/mol. The summed E-state index contributed by atoms with van der Waals surface area (Å²) in [7, 11) is 0. The number of nitrogens with two attached hydrogens (primary N) is 1. The molecule has 2 aliphatic carbocycles. The number of benzene rings is 1. The smallest absolute Gasteiger partial charge is 0.0325 e. The van der Waals surface area contributed by atoms with E-state index in [1.54, 1.807) is 0 Å². The topological polar surface area (TPSA) is 38.0 Å². The van der Waals surface area contributed by atoms with Gasteiger partial charge in [0.1, 0.15) is 0 Å². The molecule has 3 N–H and O–H groups in total. The third kappa shape index (κ3) is 2.54. The molecule has 18 heavy (non-hydrogen) atoms. The predicted molar refractivity (Wildman–Crippen MR) is 76.5 cm³/mol. The Balaban J connectivity index is 1.74. The van der Waals surface area contributed by atoms with Gasteiger partial charge in [-0.2, -0.15) is 0 Å². The number of nitrogens with one attached hydrogen (secondary N) is 1. The standard InChI is InChI=1S/C16H24N2/c17-13-9-10-15-12(11-13)5-4-8-16(15)18-14-6-2-1-3-7-14/h9-11,14,16,18H,1-8,17H2. The maximum atomic E-state index is 5.89. The lowest BCUT2D eigenvalue weighted by Gasteiger charge is -2.32. The van der Waals surface area contributed by atoms with Gasteiger partial charge < -0.3 is 11.1 Å². The fourth-order valence-electron chi connectivity index (χ4n) is 3.56. The molecule has 0 aliphatic heterocycles. The highest BCUT2D eigenvalue weighted by atomic mass is 15.0. The first kappa shape index (κ1) is 12.0. The van der Waals surface area contributed by atoms with Gasteiger partial charge in [0.15, 0.2) is 0 Å². The van der Waals surface area contributed by atoms with Crippen molar-refractivity contribution in [2.45, 2.75) is 63.5 Å². The van der Waals surface area contributed by atoms with Gasteiger partial charge >= 0.3 is 0 Å². The lowest BCUT2D eigenvalue weighted by molar-refractivity contribution is 0.321. The fraction of sp³-hybridized carbons (Fsp3) is 0.625. The number of fused-ring (bicyclic) bond motifs is 1. The molecular formula is C16H24N2. The Morgan fingerprint density at radius 1 is 1.00 bits per heavy atom. The van der Waals surface area contributed by atoms with Crippen molar-refractivity contribution in [1.29, 1.82) is 0 Å². The number of hydrogen-bond donors (Lipinski definition) is 2. The summed E-state index contributed by atoms with van der Waals surface area (Å²) in [5, 5.41) is 3.89. The number of aryl methyl sites for hydroxylation is 1. The molecule has 98 valence electrons. The lowest BCUT2D eigenvalue weighted by atomic mass is 9.85. The summed E-state index contributed by atoms with van der Waals surface area (Å²) in [6, 6.07) is 7.78. The van der Waals surface area contributed by atoms with Gasteiger partial charge in [-0.15, -0.1) is 0 Å². The van der Waals surface area contributed by atoms with Crippen LogP contribution >= 0.6 is 0 Å². The average Bonchev–Trinajstić information content (AvgIpc) is 2.40. The first-order chi connectivity index (χ1) is 8.83. The Morgan fingerprint density at radius 3 is 2.67 bits per heavy atom. The van der Waals surface area contributed by atoms with Gasteiger partial charge in [0.2, 0.25) is 0 Å². The molecule has 2 nitrogen and oxygen atoms in total. The molecule has 1 atom stereocenters. The van der Waals surface area contributed by atoms with Gasteiger partial charge in [-0.1, -0.05) is 25.3 Å². The van der Waals surface area contributed by atoms with Crippen LogP contribution in [0.25, 0.3) is 0 Å². The molecule has 0 bridgehead atoms. The average molecular weight is 244 g/mol. The Bertz CT molecular complexity index is 408.